The highest BCUT2D eigenvalue weighted by atomic mass is 32.1. The molecule has 0 unspecified atom stereocenters. The van der Waals surface area contributed by atoms with E-state index in [-0.39, 0.29) is 22.8 Å². The number of ether oxygens (including phenoxy) is 2. The average molecular weight is 376 g/mol. The zero-order valence-electron chi connectivity index (χ0n) is 15.0. The van der Waals surface area contributed by atoms with Crippen molar-refractivity contribution < 1.29 is 24.2 Å². The smallest absolute Gasteiger partial charge is 0.340 e. The van der Waals surface area contributed by atoms with Crippen molar-refractivity contribution in [1.29, 1.82) is 0 Å². The maximum Gasteiger partial charge on any atom is 0.340 e. The Morgan fingerprint density at radius 2 is 2.04 bits per heavy atom. The molecule has 0 bridgehead atoms. The van der Waals surface area contributed by atoms with Crippen LogP contribution in [-0.2, 0) is 6.42 Å². The second-order valence-corrected chi connectivity index (χ2v) is 6.48. The number of carbonyl (C=O) groups is 2. The van der Waals surface area contributed by atoms with Crippen LogP contribution in [0.3, 0.4) is 0 Å². The van der Waals surface area contributed by atoms with Gasteiger partial charge in [-0.25, -0.2) is 10.2 Å². The van der Waals surface area contributed by atoms with Crippen molar-refractivity contribution in [3.8, 4) is 11.5 Å². The van der Waals surface area contributed by atoms with E-state index in [9.17, 15) is 14.7 Å². The van der Waals surface area contributed by atoms with Crippen LogP contribution in [0.2, 0.25) is 0 Å². The predicted molar refractivity (Wildman–Crippen MR) is 100.0 cm³/mol. The third kappa shape index (κ3) is 4.02. The monoisotopic (exact) mass is 376 g/mol. The Hall–Kier alpha value is -2.87. The van der Waals surface area contributed by atoms with Crippen molar-refractivity contribution in [2.45, 2.75) is 20.3 Å². The number of carboxylic acid groups (broad SMARTS) is 1. The number of carbonyl (C=O) groups excluding carboxylic acids is 1. The molecule has 0 fully saturated rings. The number of rotatable bonds is 7. The Labute approximate surface area is 155 Å². The molecule has 0 aliphatic heterocycles. The minimum Gasteiger partial charge on any atom is -0.493 e. The van der Waals surface area contributed by atoms with Gasteiger partial charge in [-0.3, -0.25) is 4.79 Å². The Morgan fingerprint density at radius 3 is 2.58 bits per heavy atom. The van der Waals surface area contributed by atoms with Gasteiger partial charge < -0.3 is 14.6 Å². The van der Waals surface area contributed by atoms with Gasteiger partial charge in [0.25, 0.3) is 5.91 Å². The molecule has 1 aromatic carbocycles. The summed E-state index contributed by atoms with van der Waals surface area (Å²) in [5, 5.41) is 13.3. The molecule has 0 atom stereocenters. The number of hydrazone groups is 1. The normalized spacial score (nSPS) is 10.8. The van der Waals surface area contributed by atoms with E-state index >= 15 is 0 Å². The molecule has 2 rings (SSSR count). The largest absolute Gasteiger partial charge is 0.493 e. The molecule has 1 heterocycles. The first-order valence-electron chi connectivity index (χ1n) is 7.83. The SMILES string of the molecule is CCc1sc(C(=O)N/N=C\c2ccc(OC)c(OC)c2C(=O)O)cc1C. The predicted octanol–water partition coefficient (Wildman–Crippen LogP) is 3.10. The minimum absolute atomic E-state index is 0.0925. The molecule has 26 heavy (non-hydrogen) atoms. The standard InChI is InChI=1S/C18H20N2O5S/c1-5-13-10(2)8-14(26-13)17(21)20-19-9-11-6-7-12(24-3)16(25-4)15(11)18(22)23/h6-9H,5H2,1-4H3,(H,20,21)(H,22,23)/b19-9-. The number of aryl methyl sites for hydroxylation is 2. The summed E-state index contributed by atoms with van der Waals surface area (Å²) in [4.78, 5) is 25.5. The Bertz CT molecular complexity index is 858. The zero-order chi connectivity index (χ0) is 19.3. The van der Waals surface area contributed by atoms with Crippen molar-refractivity contribution in [2.75, 3.05) is 14.2 Å². The number of hydrogen-bond acceptors (Lipinski definition) is 6. The van der Waals surface area contributed by atoms with E-state index in [4.69, 9.17) is 9.47 Å². The van der Waals surface area contributed by atoms with Crippen LogP contribution in [0, 0.1) is 6.92 Å². The first kappa shape index (κ1) is 19.5. The van der Waals surface area contributed by atoms with Crippen LogP contribution >= 0.6 is 11.3 Å². The molecule has 0 spiro atoms. The van der Waals surface area contributed by atoms with Crippen LogP contribution in [0.15, 0.2) is 23.3 Å². The van der Waals surface area contributed by atoms with Crippen LogP contribution in [0.4, 0.5) is 0 Å². The van der Waals surface area contributed by atoms with Gasteiger partial charge in [0.1, 0.15) is 5.56 Å². The van der Waals surface area contributed by atoms with Crippen LogP contribution in [0.25, 0.3) is 0 Å². The highest BCUT2D eigenvalue weighted by molar-refractivity contribution is 7.14. The summed E-state index contributed by atoms with van der Waals surface area (Å²) in [5.74, 6) is -1.13. The summed E-state index contributed by atoms with van der Waals surface area (Å²) >= 11 is 1.42. The van der Waals surface area contributed by atoms with Crippen LogP contribution in [0.1, 0.15) is 43.0 Å². The van der Waals surface area contributed by atoms with E-state index in [2.05, 4.69) is 10.5 Å². The van der Waals surface area contributed by atoms with Gasteiger partial charge in [-0.05, 0) is 37.1 Å². The van der Waals surface area contributed by atoms with Crippen molar-refractivity contribution in [1.82, 2.24) is 5.43 Å². The van der Waals surface area contributed by atoms with E-state index in [1.807, 2.05) is 19.9 Å². The quantitative estimate of drug-likeness (QED) is 0.572. The molecule has 0 aliphatic carbocycles. The van der Waals surface area contributed by atoms with Gasteiger partial charge in [-0.2, -0.15) is 5.10 Å². The molecule has 1 aromatic heterocycles. The summed E-state index contributed by atoms with van der Waals surface area (Å²) in [6.45, 7) is 3.99. The number of nitrogens with zero attached hydrogens (tertiary/aromatic N) is 1. The Kier molecular flexibility index (Phi) is 6.35. The van der Waals surface area contributed by atoms with Gasteiger partial charge in [0, 0.05) is 10.4 Å². The number of benzene rings is 1. The summed E-state index contributed by atoms with van der Waals surface area (Å²) < 4.78 is 10.2. The number of methoxy groups -OCH3 is 2. The van der Waals surface area contributed by atoms with E-state index < -0.39 is 5.97 Å². The first-order chi connectivity index (χ1) is 12.4. The molecule has 8 heteroatoms. The highest BCUT2D eigenvalue weighted by Gasteiger charge is 2.20. The molecule has 0 aliphatic rings. The average Bonchev–Trinajstić information content (AvgIpc) is 3.01. The van der Waals surface area contributed by atoms with E-state index in [1.165, 1.54) is 37.8 Å². The lowest BCUT2D eigenvalue weighted by Gasteiger charge is -2.12. The van der Waals surface area contributed by atoms with Gasteiger partial charge in [-0.15, -0.1) is 11.3 Å². The number of hydrogen-bond donors (Lipinski definition) is 2. The zero-order valence-corrected chi connectivity index (χ0v) is 15.8. The summed E-state index contributed by atoms with van der Waals surface area (Å²) in [6.07, 6.45) is 2.13. The second-order valence-electron chi connectivity index (χ2n) is 5.34. The van der Waals surface area contributed by atoms with E-state index in [1.54, 1.807) is 6.07 Å². The molecule has 1 amide bonds. The molecular weight excluding hydrogens is 356 g/mol. The van der Waals surface area contributed by atoms with E-state index in [0.717, 1.165) is 16.9 Å². The highest BCUT2D eigenvalue weighted by Crippen LogP contribution is 2.32. The molecule has 7 nitrogen and oxygen atoms in total. The molecule has 0 saturated carbocycles. The molecule has 0 radical (unpaired) electrons. The molecule has 0 saturated heterocycles. The maximum absolute atomic E-state index is 12.2. The van der Waals surface area contributed by atoms with Crippen molar-refractivity contribution >= 4 is 29.4 Å². The lowest BCUT2D eigenvalue weighted by molar-refractivity contribution is 0.0692. The lowest BCUT2D eigenvalue weighted by Crippen LogP contribution is -2.16. The number of carboxylic acids is 1. The fourth-order valence-corrected chi connectivity index (χ4v) is 3.47. The summed E-state index contributed by atoms with van der Waals surface area (Å²) in [5.41, 5.74) is 3.68. The number of nitrogens with one attached hydrogen (secondary N) is 1. The van der Waals surface area contributed by atoms with Gasteiger partial charge >= 0.3 is 5.97 Å². The van der Waals surface area contributed by atoms with E-state index in [0.29, 0.717) is 10.6 Å². The molecule has 2 N–H and O–H groups in total. The minimum atomic E-state index is -1.19. The Balaban J connectivity index is 2.24. The lowest BCUT2D eigenvalue weighted by atomic mass is 10.1. The maximum atomic E-state index is 12.2. The molecule has 2 aromatic rings. The molecular formula is C18H20N2O5S. The van der Waals surface area contributed by atoms with Crippen molar-refractivity contribution in [3.63, 3.8) is 0 Å². The third-order valence-electron chi connectivity index (χ3n) is 3.73. The first-order valence-corrected chi connectivity index (χ1v) is 8.65. The third-order valence-corrected chi connectivity index (χ3v) is 5.11. The van der Waals surface area contributed by atoms with Crippen LogP contribution in [-0.4, -0.2) is 37.4 Å². The van der Waals surface area contributed by atoms with Gasteiger partial charge in [0.2, 0.25) is 0 Å². The summed E-state index contributed by atoms with van der Waals surface area (Å²) in [7, 11) is 2.78. The topological polar surface area (TPSA) is 97.2 Å². The van der Waals surface area contributed by atoms with Crippen LogP contribution < -0.4 is 14.9 Å². The number of aromatic carboxylic acids is 1. The number of thiophene rings is 1. The summed E-state index contributed by atoms with van der Waals surface area (Å²) in [6, 6.07) is 4.92. The second kappa shape index (κ2) is 8.48. The molecule has 138 valence electrons. The Morgan fingerprint density at radius 1 is 1.31 bits per heavy atom. The van der Waals surface area contributed by atoms with Crippen LogP contribution in [0.5, 0.6) is 11.5 Å². The van der Waals surface area contributed by atoms with Gasteiger partial charge in [-0.1, -0.05) is 6.92 Å². The number of amides is 1. The van der Waals surface area contributed by atoms with Crippen molar-refractivity contribution in [3.05, 3.63) is 44.6 Å². The van der Waals surface area contributed by atoms with Gasteiger partial charge in [0.05, 0.1) is 25.3 Å². The fraction of sp³-hybridized carbons (Fsp3) is 0.278. The van der Waals surface area contributed by atoms with Crippen molar-refractivity contribution in [2.24, 2.45) is 5.10 Å². The van der Waals surface area contributed by atoms with Gasteiger partial charge in [0.15, 0.2) is 11.5 Å². The fourth-order valence-electron chi connectivity index (χ4n) is 2.47.